The van der Waals surface area contributed by atoms with Gasteiger partial charge < -0.3 is 4.90 Å². The first-order valence-corrected chi connectivity index (χ1v) is 8.36. The molecule has 0 aliphatic carbocycles. The summed E-state index contributed by atoms with van der Waals surface area (Å²) in [5, 5.41) is 11.4. The van der Waals surface area contributed by atoms with Gasteiger partial charge in [0.1, 0.15) is 0 Å². The Bertz CT molecular complexity index is 586. The quantitative estimate of drug-likeness (QED) is 0.338. The molecule has 0 N–H and O–H groups in total. The maximum Gasteiger partial charge on any atom is 0.220 e. The van der Waals surface area contributed by atoms with E-state index in [1.165, 1.54) is 5.56 Å². The third-order valence-corrected chi connectivity index (χ3v) is 5.24. The van der Waals surface area contributed by atoms with Crippen molar-refractivity contribution in [1.82, 2.24) is 4.90 Å². The summed E-state index contributed by atoms with van der Waals surface area (Å²) in [5.74, 6) is -0.0398. The first kappa shape index (κ1) is 17.6. The molecule has 1 aromatic rings. The van der Waals surface area contributed by atoms with E-state index in [1.54, 1.807) is 13.8 Å². The molecule has 0 bridgehead atoms. The van der Waals surface area contributed by atoms with E-state index in [0.717, 1.165) is 24.4 Å². The van der Waals surface area contributed by atoms with Gasteiger partial charge in [0.2, 0.25) is 5.54 Å². The van der Waals surface area contributed by atoms with Gasteiger partial charge in [0.25, 0.3) is 0 Å². The topological polar surface area (TPSA) is 46.4 Å². The van der Waals surface area contributed by atoms with Crippen LogP contribution in [-0.2, 0) is 6.54 Å². The summed E-state index contributed by atoms with van der Waals surface area (Å²) in [5.41, 5.74) is 0.249. The Morgan fingerprint density at radius 1 is 1.43 bits per heavy atom. The van der Waals surface area contributed by atoms with Crippen LogP contribution in [0.15, 0.2) is 43.0 Å². The molecule has 0 amide bonds. The Morgan fingerprint density at radius 2 is 2.09 bits per heavy atom. The molecule has 0 aromatic heterocycles. The fraction of sp³-hybridized carbons (Fsp3) is 0.500. The molecular weight excluding hydrogens is 308 g/mol. The summed E-state index contributed by atoms with van der Waals surface area (Å²) in [4.78, 5) is 14.3. The molecule has 5 heteroatoms. The van der Waals surface area contributed by atoms with E-state index in [0.29, 0.717) is 6.42 Å². The molecule has 0 saturated carbocycles. The molecule has 4 nitrogen and oxygen atoms in total. The van der Waals surface area contributed by atoms with E-state index in [2.05, 4.69) is 23.6 Å². The number of nitro groups is 1. The Labute approximate surface area is 143 Å². The average molecular weight is 332 g/mol. The molecular formula is C18H24N2O2S. The highest BCUT2D eigenvalue weighted by Gasteiger charge is 2.46. The predicted molar refractivity (Wildman–Crippen MR) is 97.0 cm³/mol. The van der Waals surface area contributed by atoms with E-state index in [4.69, 9.17) is 12.2 Å². The van der Waals surface area contributed by atoms with E-state index >= 15 is 0 Å². The van der Waals surface area contributed by atoms with Gasteiger partial charge in [-0.1, -0.05) is 48.6 Å². The van der Waals surface area contributed by atoms with Crippen LogP contribution < -0.4 is 0 Å². The monoisotopic (exact) mass is 332 g/mol. The fourth-order valence-corrected chi connectivity index (χ4v) is 3.59. The minimum absolute atomic E-state index is 0.0398. The summed E-state index contributed by atoms with van der Waals surface area (Å²) in [7, 11) is 0. The molecule has 1 aliphatic heterocycles. The second-order valence-electron chi connectivity index (χ2n) is 6.73. The Morgan fingerprint density at radius 3 is 2.65 bits per heavy atom. The minimum atomic E-state index is -0.956. The van der Waals surface area contributed by atoms with Crippen LogP contribution in [0.25, 0.3) is 0 Å². The zero-order valence-corrected chi connectivity index (χ0v) is 14.6. The largest absolute Gasteiger partial charge is 0.359 e. The maximum atomic E-state index is 11.4. The number of hydrogen-bond acceptors (Lipinski definition) is 3. The van der Waals surface area contributed by atoms with Gasteiger partial charge in [-0.3, -0.25) is 10.1 Å². The summed E-state index contributed by atoms with van der Waals surface area (Å²) < 4.78 is 0. The van der Waals surface area contributed by atoms with Crippen molar-refractivity contribution in [3.8, 4) is 0 Å². The Hall–Kier alpha value is -1.75. The molecule has 2 atom stereocenters. The van der Waals surface area contributed by atoms with E-state index in [1.807, 2.05) is 24.3 Å². The number of benzene rings is 1. The number of likely N-dealkylation sites (tertiary alicyclic amines) is 1. The summed E-state index contributed by atoms with van der Waals surface area (Å²) in [6, 6.07) is 10.4. The number of nitrogens with zero attached hydrogens (tertiary/aromatic N) is 2. The van der Waals surface area contributed by atoms with Gasteiger partial charge in [0, 0.05) is 43.7 Å². The molecule has 1 heterocycles. The van der Waals surface area contributed by atoms with E-state index in [9.17, 15) is 10.1 Å². The molecule has 2 rings (SSSR count). The van der Waals surface area contributed by atoms with E-state index in [-0.39, 0.29) is 16.9 Å². The van der Waals surface area contributed by atoms with Gasteiger partial charge >= 0.3 is 0 Å². The molecule has 1 fully saturated rings. The zero-order chi connectivity index (χ0) is 17.0. The van der Waals surface area contributed by atoms with Crippen LogP contribution in [0.3, 0.4) is 0 Å². The Kier molecular flexibility index (Phi) is 5.52. The maximum absolute atomic E-state index is 11.4. The summed E-state index contributed by atoms with van der Waals surface area (Å²) in [6.45, 7) is 8.01. The summed E-state index contributed by atoms with van der Waals surface area (Å²) in [6.07, 6.45) is 4.04. The normalized spacial score (nSPS) is 22.0. The van der Waals surface area contributed by atoms with Gasteiger partial charge in [-0.15, -0.1) is 6.58 Å². The highest BCUT2D eigenvalue weighted by atomic mass is 32.1. The lowest BCUT2D eigenvalue weighted by molar-refractivity contribution is -0.572. The molecule has 0 unspecified atom stereocenters. The third-order valence-electron chi connectivity index (χ3n) is 4.84. The van der Waals surface area contributed by atoms with Crippen LogP contribution in [0.5, 0.6) is 0 Å². The SMILES string of the molecule is C=CC[C@H]1C[C@H](C(C)(C)[N+](=O)[O-])CC(=S)N1Cc1ccccc1. The average Bonchev–Trinajstić information content (AvgIpc) is 2.51. The van der Waals surface area contributed by atoms with Gasteiger partial charge in [-0.2, -0.15) is 0 Å². The highest BCUT2D eigenvalue weighted by molar-refractivity contribution is 7.80. The molecule has 1 saturated heterocycles. The van der Waals surface area contributed by atoms with Crippen LogP contribution in [-0.4, -0.2) is 26.4 Å². The van der Waals surface area contributed by atoms with Crippen molar-refractivity contribution in [2.75, 3.05) is 0 Å². The van der Waals surface area contributed by atoms with Gasteiger partial charge in [0.15, 0.2) is 0 Å². The lowest BCUT2D eigenvalue weighted by atomic mass is 9.77. The molecule has 0 radical (unpaired) electrons. The van der Waals surface area contributed by atoms with Crippen LogP contribution >= 0.6 is 12.2 Å². The number of piperidine rings is 1. The summed E-state index contributed by atoms with van der Waals surface area (Å²) >= 11 is 5.62. The van der Waals surface area contributed by atoms with Crippen LogP contribution in [0, 0.1) is 16.0 Å². The molecule has 124 valence electrons. The van der Waals surface area contributed by atoms with Gasteiger partial charge in [0.05, 0.1) is 4.99 Å². The molecule has 23 heavy (non-hydrogen) atoms. The van der Waals surface area contributed by atoms with Crippen molar-refractivity contribution in [3.63, 3.8) is 0 Å². The number of rotatable bonds is 6. The first-order chi connectivity index (χ1) is 10.9. The Balaban J connectivity index is 2.20. The van der Waals surface area contributed by atoms with Crippen molar-refractivity contribution in [3.05, 3.63) is 58.7 Å². The standard InChI is InChI=1S/C18H24N2O2S/c1-4-8-16-11-15(18(2,3)20(21)22)12-17(23)19(16)13-14-9-6-5-7-10-14/h4-7,9-10,15-16H,1,8,11-13H2,2-3H3/t15-,16-/m0/s1. The first-order valence-electron chi connectivity index (χ1n) is 7.95. The van der Waals surface area contributed by atoms with Crippen molar-refractivity contribution < 1.29 is 4.92 Å². The van der Waals surface area contributed by atoms with Crippen LogP contribution in [0.2, 0.25) is 0 Å². The third kappa shape index (κ3) is 3.96. The number of hydrogen-bond donors (Lipinski definition) is 0. The molecule has 1 aliphatic rings. The molecule has 1 aromatic carbocycles. The van der Waals surface area contributed by atoms with Gasteiger partial charge in [-0.25, -0.2) is 0 Å². The highest BCUT2D eigenvalue weighted by Crippen LogP contribution is 2.36. The predicted octanol–water partition coefficient (Wildman–Crippen LogP) is 4.23. The lowest BCUT2D eigenvalue weighted by Gasteiger charge is -2.43. The van der Waals surface area contributed by atoms with Crippen molar-refractivity contribution in [2.24, 2.45) is 5.92 Å². The lowest BCUT2D eigenvalue weighted by Crippen LogP contribution is -2.51. The van der Waals surface area contributed by atoms with Crippen LogP contribution in [0.1, 0.15) is 38.7 Å². The van der Waals surface area contributed by atoms with E-state index < -0.39 is 5.54 Å². The van der Waals surface area contributed by atoms with Crippen molar-refractivity contribution in [2.45, 2.75) is 51.2 Å². The molecule has 0 spiro atoms. The second-order valence-corrected chi connectivity index (χ2v) is 7.20. The van der Waals surface area contributed by atoms with Crippen molar-refractivity contribution in [1.29, 1.82) is 0 Å². The van der Waals surface area contributed by atoms with Gasteiger partial charge in [-0.05, 0) is 18.4 Å². The van der Waals surface area contributed by atoms with Crippen molar-refractivity contribution >= 4 is 17.2 Å². The number of thiocarbonyl (C=S) groups is 1. The zero-order valence-electron chi connectivity index (χ0n) is 13.8. The minimum Gasteiger partial charge on any atom is -0.359 e. The van der Waals surface area contributed by atoms with Crippen LogP contribution in [0.4, 0.5) is 0 Å². The fourth-order valence-electron chi connectivity index (χ4n) is 3.17. The second kappa shape index (κ2) is 7.21. The smallest absolute Gasteiger partial charge is 0.220 e.